The summed E-state index contributed by atoms with van der Waals surface area (Å²) in [4.78, 5) is 0. The Bertz CT molecular complexity index is 551. The van der Waals surface area contributed by atoms with Crippen molar-refractivity contribution in [1.29, 1.82) is 0 Å². The number of benzene rings is 1. The Balaban J connectivity index is 2.12. The summed E-state index contributed by atoms with van der Waals surface area (Å²) in [5.41, 5.74) is 3.99. The molecule has 0 saturated carbocycles. The molecule has 1 unspecified atom stereocenters. The van der Waals surface area contributed by atoms with Crippen LogP contribution in [0.2, 0.25) is 0 Å². The number of rotatable bonds is 1. The first-order valence-corrected chi connectivity index (χ1v) is 6.65. The molecular formula is C15H20N2O. The van der Waals surface area contributed by atoms with Crippen molar-refractivity contribution in [2.75, 3.05) is 19.7 Å². The van der Waals surface area contributed by atoms with Gasteiger partial charge in [-0.2, -0.15) is 0 Å². The van der Waals surface area contributed by atoms with Crippen molar-refractivity contribution in [2.24, 2.45) is 7.05 Å². The molecule has 0 aliphatic carbocycles. The molecule has 0 radical (unpaired) electrons. The van der Waals surface area contributed by atoms with Crippen LogP contribution in [-0.2, 0) is 11.8 Å². The van der Waals surface area contributed by atoms with Crippen LogP contribution < -0.4 is 5.32 Å². The Morgan fingerprint density at radius 2 is 2.11 bits per heavy atom. The summed E-state index contributed by atoms with van der Waals surface area (Å²) in [7, 11) is 2.14. The summed E-state index contributed by atoms with van der Waals surface area (Å²) >= 11 is 0. The van der Waals surface area contributed by atoms with E-state index in [0.29, 0.717) is 0 Å². The van der Waals surface area contributed by atoms with Gasteiger partial charge in [-0.25, -0.2) is 0 Å². The van der Waals surface area contributed by atoms with Crippen LogP contribution >= 0.6 is 0 Å². The molecule has 3 rings (SSSR count). The summed E-state index contributed by atoms with van der Waals surface area (Å²) in [5.74, 6) is 0. The van der Waals surface area contributed by atoms with Crippen LogP contribution in [0.25, 0.3) is 10.9 Å². The van der Waals surface area contributed by atoms with Gasteiger partial charge in [-0.1, -0.05) is 18.2 Å². The van der Waals surface area contributed by atoms with Gasteiger partial charge >= 0.3 is 0 Å². The fraction of sp³-hybridized carbons (Fsp3) is 0.467. The molecule has 3 nitrogen and oxygen atoms in total. The predicted octanol–water partition coefficient (Wildman–Crippen LogP) is 2.54. The number of aryl methyl sites for hydroxylation is 1. The molecule has 0 bridgehead atoms. The van der Waals surface area contributed by atoms with Gasteiger partial charge in [-0.05, 0) is 26.0 Å². The summed E-state index contributed by atoms with van der Waals surface area (Å²) in [6.45, 7) is 4.98. The molecule has 1 atom stereocenters. The molecule has 2 aromatic rings. The molecular weight excluding hydrogens is 224 g/mol. The van der Waals surface area contributed by atoms with Gasteiger partial charge in [0.2, 0.25) is 0 Å². The third kappa shape index (κ3) is 1.84. The minimum absolute atomic E-state index is 0.228. The molecule has 1 aliphatic heterocycles. The van der Waals surface area contributed by atoms with Gasteiger partial charge in [0.15, 0.2) is 0 Å². The number of nitrogens with one attached hydrogen (secondary N) is 1. The standard InChI is InChI=1S/C15H20N2O/c1-11-15(14-7-8-16-9-10-18-14)12-5-3-4-6-13(12)17(11)2/h3-6,14,16H,7-10H2,1-2H3. The summed E-state index contributed by atoms with van der Waals surface area (Å²) in [5, 5.41) is 4.73. The molecule has 1 aromatic carbocycles. The van der Waals surface area contributed by atoms with Crippen molar-refractivity contribution in [1.82, 2.24) is 9.88 Å². The number of ether oxygens (including phenoxy) is 1. The molecule has 0 amide bonds. The Labute approximate surface area is 108 Å². The van der Waals surface area contributed by atoms with Gasteiger partial charge in [0.25, 0.3) is 0 Å². The van der Waals surface area contributed by atoms with Gasteiger partial charge in [0, 0.05) is 35.8 Å². The van der Waals surface area contributed by atoms with E-state index in [1.165, 1.54) is 22.2 Å². The van der Waals surface area contributed by atoms with Crippen LogP contribution in [0, 0.1) is 6.92 Å². The van der Waals surface area contributed by atoms with Crippen LogP contribution in [0.15, 0.2) is 24.3 Å². The van der Waals surface area contributed by atoms with E-state index in [4.69, 9.17) is 4.74 Å². The fourth-order valence-electron chi connectivity index (χ4n) is 2.90. The van der Waals surface area contributed by atoms with E-state index in [2.05, 4.69) is 48.1 Å². The van der Waals surface area contributed by atoms with E-state index < -0.39 is 0 Å². The van der Waals surface area contributed by atoms with Crippen LogP contribution in [-0.4, -0.2) is 24.3 Å². The first-order valence-electron chi connectivity index (χ1n) is 6.65. The minimum Gasteiger partial charge on any atom is -0.372 e. The van der Waals surface area contributed by atoms with Crippen LogP contribution in [0.5, 0.6) is 0 Å². The highest BCUT2D eigenvalue weighted by atomic mass is 16.5. The number of para-hydroxylation sites is 1. The van der Waals surface area contributed by atoms with E-state index in [9.17, 15) is 0 Å². The minimum atomic E-state index is 0.228. The van der Waals surface area contributed by atoms with Crippen molar-refractivity contribution in [3.8, 4) is 0 Å². The quantitative estimate of drug-likeness (QED) is 0.834. The lowest BCUT2D eigenvalue weighted by Crippen LogP contribution is -2.16. The summed E-state index contributed by atoms with van der Waals surface area (Å²) in [6.07, 6.45) is 1.28. The van der Waals surface area contributed by atoms with Crippen LogP contribution in [0.4, 0.5) is 0 Å². The predicted molar refractivity (Wildman–Crippen MR) is 73.8 cm³/mol. The Morgan fingerprint density at radius 1 is 1.28 bits per heavy atom. The van der Waals surface area contributed by atoms with Crippen molar-refractivity contribution in [3.05, 3.63) is 35.5 Å². The number of hydrogen-bond acceptors (Lipinski definition) is 2. The third-order valence-corrected chi connectivity index (χ3v) is 3.95. The van der Waals surface area contributed by atoms with Crippen molar-refractivity contribution in [3.63, 3.8) is 0 Å². The van der Waals surface area contributed by atoms with Crippen LogP contribution in [0.1, 0.15) is 23.8 Å². The highest BCUT2D eigenvalue weighted by Gasteiger charge is 2.22. The van der Waals surface area contributed by atoms with Crippen molar-refractivity contribution < 1.29 is 4.74 Å². The van der Waals surface area contributed by atoms with Gasteiger partial charge in [-0.3, -0.25) is 0 Å². The van der Waals surface area contributed by atoms with E-state index in [1.807, 2.05) is 0 Å². The average Bonchev–Trinajstić information content (AvgIpc) is 2.61. The van der Waals surface area contributed by atoms with E-state index in [0.717, 1.165) is 26.1 Å². The molecule has 18 heavy (non-hydrogen) atoms. The zero-order chi connectivity index (χ0) is 12.5. The van der Waals surface area contributed by atoms with Gasteiger partial charge in [0.1, 0.15) is 0 Å². The number of nitrogens with zero attached hydrogens (tertiary/aromatic N) is 1. The normalized spacial score (nSPS) is 21.1. The molecule has 1 N–H and O–H groups in total. The second-order valence-corrected chi connectivity index (χ2v) is 4.97. The molecule has 1 aromatic heterocycles. The SMILES string of the molecule is Cc1c(C2CCNCCO2)c2ccccc2n1C. The van der Waals surface area contributed by atoms with Gasteiger partial charge < -0.3 is 14.6 Å². The smallest absolute Gasteiger partial charge is 0.0861 e. The lowest BCUT2D eigenvalue weighted by molar-refractivity contribution is 0.0649. The molecule has 1 fully saturated rings. The number of fused-ring (bicyclic) bond motifs is 1. The molecule has 0 spiro atoms. The molecule has 3 heteroatoms. The number of aromatic nitrogens is 1. The second kappa shape index (κ2) is 4.75. The summed E-state index contributed by atoms with van der Waals surface area (Å²) < 4.78 is 8.29. The van der Waals surface area contributed by atoms with Crippen molar-refractivity contribution in [2.45, 2.75) is 19.4 Å². The Morgan fingerprint density at radius 3 is 3.00 bits per heavy atom. The highest BCUT2D eigenvalue weighted by Crippen LogP contribution is 2.33. The fourth-order valence-corrected chi connectivity index (χ4v) is 2.90. The topological polar surface area (TPSA) is 26.2 Å². The third-order valence-electron chi connectivity index (χ3n) is 3.95. The first-order chi connectivity index (χ1) is 8.79. The molecule has 96 valence electrons. The van der Waals surface area contributed by atoms with E-state index >= 15 is 0 Å². The summed E-state index contributed by atoms with van der Waals surface area (Å²) in [6, 6.07) is 8.60. The monoisotopic (exact) mass is 244 g/mol. The average molecular weight is 244 g/mol. The lowest BCUT2D eigenvalue weighted by Gasteiger charge is -2.15. The maximum Gasteiger partial charge on any atom is 0.0861 e. The number of hydrogen-bond donors (Lipinski definition) is 1. The Hall–Kier alpha value is -1.32. The van der Waals surface area contributed by atoms with Crippen LogP contribution in [0.3, 0.4) is 0 Å². The Kier molecular flexibility index (Phi) is 3.10. The van der Waals surface area contributed by atoms with E-state index in [1.54, 1.807) is 0 Å². The van der Waals surface area contributed by atoms with Gasteiger partial charge in [0.05, 0.1) is 12.7 Å². The van der Waals surface area contributed by atoms with E-state index in [-0.39, 0.29) is 6.10 Å². The van der Waals surface area contributed by atoms with Gasteiger partial charge in [-0.15, -0.1) is 0 Å². The first kappa shape index (κ1) is 11.8. The van der Waals surface area contributed by atoms with Crippen molar-refractivity contribution >= 4 is 10.9 Å². The second-order valence-electron chi connectivity index (χ2n) is 4.97. The molecule has 2 heterocycles. The zero-order valence-corrected chi connectivity index (χ0v) is 11.1. The largest absolute Gasteiger partial charge is 0.372 e. The molecule has 1 aliphatic rings. The maximum absolute atomic E-state index is 6.02. The zero-order valence-electron chi connectivity index (χ0n) is 11.1. The maximum atomic E-state index is 6.02. The lowest BCUT2D eigenvalue weighted by atomic mass is 10.0. The molecule has 1 saturated heterocycles. The highest BCUT2D eigenvalue weighted by molar-refractivity contribution is 5.85.